The predicted molar refractivity (Wildman–Crippen MR) is 146 cm³/mol. The van der Waals surface area contributed by atoms with Crippen LogP contribution in [0.1, 0.15) is 0 Å². The zero-order valence-corrected chi connectivity index (χ0v) is 21.6. The maximum absolute atomic E-state index is 14.2. The molecule has 0 bridgehead atoms. The van der Waals surface area contributed by atoms with E-state index in [1.807, 2.05) is 32.3 Å². The fourth-order valence-electron chi connectivity index (χ4n) is 4.30. The molecular formula is C28H25FN8O2. The van der Waals surface area contributed by atoms with Crippen molar-refractivity contribution in [2.75, 3.05) is 34.4 Å². The molecule has 0 aliphatic carbocycles. The number of H-pyrrole nitrogens is 2. The van der Waals surface area contributed by atoms with Gasteiger partial charge in [0.2, 0.25) is 0 Å². The van der Waals surface area contributed by atoms with E-state index in [0.29, 0.717) is 57.4 Å². The third-order valence-electron chi connectivity index (χ3n) is 6.25. The highest BCUT2D eigenvalue weighted by Crippen LogP contribution is 2.33. The largest absolute Gasteiger partial charge is 0.497 e. The van der Waals surface area contributed by atoms with Gasteiger partial charge in [-0.15, -0.1) is 0 Å². The molecule has 0 aliphatic rings. The standard InChI is InChI=1S/C28H25FN8O2/c1-37(2)8-9-39-20-12-17(14-30-15-20)22-4-5-23-25(32-22)26(36-35-23)28-33-24-21(6-7-31-27(24)34-28)16-10-18(29)13-19(11-16)38-3/h4-7,10-15H,8-9H2,1-3H3,(H,35,36)(H,31,33,34). The molecule has 5 aromatic heterocycles. The molecule has 0 radical (unpaired) electrons. The molecule has 2 N–H and O–H groups in total. The van der Waals surface area contributed by atoms with Crippen LogP contribution in [0.2, 0.25) is 0 Å². The number of rotatable bonds is 8. The van der Waals surface area contributed by atoms with E-state index in [9.17, 15) is 4.39 Å². The molecule has 39 heavy (non-hydrogen) atoms. The Labute approximate surface area is 222 Å². The number of benzene rings is 1. The molecule has 0 fully saturated rings. The van der Waals surface area contributed by atoms with Gasteiger partial charge in [0, 0.05) is 36.1 Å². The topological polar surface area (TPSA) is 118 Å². The molecule has 10 nitrogen and oxygen atoms in total. The molecule has 196 valence electrons. The van der Waals surface area contributed by atoms with Crippen molar-refractivity contribution in [3.05, 3.63) is 66.9 Å². The molecule has 11 heteroatoms. The molecule has 0 spiro atoms. The van der Waals surface area contributed by atoms with Crippen molar-refractivity contribution in [1.82, 2.24) is 40.0 Å². The molecule has 6 rings (SSSR count). The quantitative estimate of drug-likeness (QED) is 0.294. The number of hydrogen-bond donors (Lipinski definition) is 2. The first-order valence-electron chi connectivity index (χ1n) is 12.3. The Morgan fingerprint density at radius 1 is 0.949 bits per heavy atom. The molecule has 0 amide bonds. The van der Waals surface area contributed by atoms with E-state index >= 15 is 0 Å². The van der Waals surface area contributed by atoms with Crippen LogP contribution in [0.4, 0.5) is 4.39 Å². The summed E-state index contributed by atoms with van der Waals surface area (Å²) in [4.78, 5) is 23.7. The summed E-state index contributed by atoms with van der Waals surface area (Å²) in [6, 6.07) is 12.1. The molecule has 0 aliphatic heterocycles. The summed E-state index contributed by atoms with van der Waals surface area (Å²) in [5.41, 5.74) is 5.94. The first kappa shape index (κ1) is 24.4. The minimum atomic E-state index is -0.401. The van der Waals surface area contributed by atoms with Crippen LogP contribution in [-0.4, -0.2) is 74.4 Å². The van der Waals surface area contributed by atoms with Crippen LogP contribution in [0.3, 0.4) is 0 Å². The van der Waals surface area contributed by atoms with E-state index in [4.69, 9.17) is 19.4 Å². The number of aromatic amines is 2. The van der Waals surface area contributed by atoms with E-state index in [1.54, 1.807) is 30.7 Å². The monoisotopic (exact) mass is 524 g/mol. The number of imidazole rings is 1. The summed E-state index contributed by atoms with van der Waals surface area (Å²) in [5, 5.41) is 7.50. The van der Waals surface area contributed by atoms with Crippen molar-refractivity contribution in [1.29, 1.82) is 0 Å². The number of pyridine rings is 3. The lowest BCUT2D eigenvalue weighted by Crippen LogP contribution is -2.19. The second-order valence-electron chi connectivity index (χ2n) is 9.25. The van der Waals surface area contributed by atoms with Crippen LogP contribution in [0.15, 0.2) is 61.1 Å². The summed E-state index contributed by atoms with van der Waals surface area (Å²) in [6.07, 6.45) is 5.09. The highest BCUT2D eigenvalue weighted by Gasteiger charge is 2.18. The Balaban J connectivity index is 1.38. The van der Waals surface area contributed by atoms with Gasteiger partial charge in [0.1, 0.15) is 35.0 Å². The van der Waals surface area contributed by atoms with Gasteiger partial charge in [-0.05, 0) is 56.1 Å². The van der Waals surface area contributed by atoms with Crippen molar-refractivity contribution in [3.8, 4) is 45.4 Å². The van der Waals surface area contributed by atoms with Crippen molar-refractivity contribution < 1.29 is 13.9 Å². The summed E-state index contributed by atoms with van der Waals surface area (Å²) in [6.45, 7) is 1.36. The molecule has 1 aromatic carbocycles. The van der Waals surface area contributed by atoms with E-state index in [2.05, 4.69) is 30.0 Å². The molecule has 0 saturated heterocycles. The average Bonchev–Trinajstić information content (AvgIpc) is 3.56. The maximum atomic E-state index is 14.2. The van der Waals surface area contributed by atoms with E-state index in [-0.39, 0.29) is 0 Å². The molecule has 0 unspecified atom stereocenters. The number of halogens is 1. The number of fused-ring (bicyclic) bond motifs is 2. The van der Waals surface area contributed by atoms with Crippen LogP contribution in [0, 0.1) is 5.82 Å². The smallest absolute Gasteiger partial charge is 0.162 e. The summed E-state index contributed by atoms with van der Waals surface area (Å²) >= 11 is 0. The van der Waals surface area contributed by atoms with Crippen molar-refractivity contribution in [3.63, 3.8) is 0 Å². The van der Waals surface area contributed by atoms with Crippen LogP contribution >= 0.6 is 0 Å². The second-order valence-corrected chi connectivity index (χ2v) is 9.25. The lowest BCUT2D eigenvalue weighted by atomic mass is 10.1. The van der Waals surface area contributed by atoms with Gasteiger partial charge in [-0.3, -0.25) is 10.1 Å². The van der Waals surface area contributed by atoms with Crippen molar-refractivity contribution in [2.45, 2.75) is 0 Å². The van der Waals surface area contributed by atoms with Gasteiger partial charge in [-0.25, -0.2) is 19.3 Å². The fraction of sp³-hybridized carbons (Fsp3) is 0.179. The van der Waals surface area contributed by atoms with Gasteiger partial charge in [0.25, 0.3) is 0 Å². The SMILES string of the molecule is COc1cc(F)cc(-c2ccnc3[nH]c(-c4n[nH]c5ccc(-c6cncc(OCCN(C)C)c6)nc45)nc23)c1. The van der Waals surface area contributed by atoms with Gasteiger partial charge >= 0.3 is 0 Å². The summed E-state index contributed by atoms with van der Waals surface area (Å²) in [5.74, 6) is 1.18. The number of nitrogens with zero attached hydrogens (tertiary/aromatic N) is 6. The van der Waals surface area contributed by atoms with Crippen LogP contribution < -0.4 is 9.47 Å². The van der Waals surface area contributed by atoms with Crippen molar-refractivity contribution >= 4 is 22.2 Å². The normalized spacial score (nSPS) is 11.5. The third-order valence-corrected chi connectivity index (χ3v) is 6.25. The lowest BCUT2D eigenvalue weighted by molar-refractivity contribution is 0.261. The van der Waals surface area contributed by atoms with Crippen LogP contribution in [-0.2, 0) is 0 Å². The molecule has 5 heterocycles. The fourth-order valence-corrected chi connectivity index (χ4v) is 4.30. The lowest BCUT2D eigenvalue weighted by Gasteiger charge is -2.11. The van der Waals surface area contributed by atoms with Gasteiger partial charge < -0.3 is 19.4 Å². The minimum absolute atomic E-state index is 0.401. The minimum Gasteiger partial charge on any atom is -0.497 e. The van der Waals surface area contributed by atoms with Gasteiger partial charge in [0.15, 0.2) is 17.2 Å². The number of likely N-dealkylation sites (N-methyl/N-ethyl adjacent to an activating group) is 1. The second kappa shape index (κ2) is 10.1. The highest BCUT2D eigenvalue weighted by atomic mass is 19.1. The van der Waals surface area contributed by atoms with Crippen molar-refractivity contribution in [2.24, 2.45) is 0 Å². The first-order chi connectivity index (χ1) is 19.0. The van der Waals surface area contributed by atoms with Gasteiger partial charge in [-0.2, -0.15) is 5.10 Å². The van der Waals surface area contributed by atoms with E-state index in [1.165, 1.54) is 19.2 Å². The number of methoxy groups -OCH3 is 1. The van der Waals surface area contributed by atoms with Gasteiger partial charge in [-0.1, -0.05) is 0 Å². The third kappa shape index (κ3) is 4.87. The zero-order valence-electron chi connectivity index (χ0n) is 21.6. The molecule has 6 aromatic rings. The highest BCUT2D eigenvalue weighted by molar-refractivity contribution is 5.95. The van der Waals surface area contributed by atoms with Gasteiger partial charge in [0.05, 0.1) is 24.5 Å². The Bertz CT molecular complexity index is 1800. The summed E-state index contributed by atoms with van der Waals surface area (Å²) in [7, 11) is 5.50. The molecule has 0 saturated carbocycles. The Kier molecular flexibility index (Phi) is 6.33. The first-order valence-corrected chi connectivity index (χ1v) is 12.3. The number of hydrogen-bond acceptors (Lipinski definition) is 8. The Morgan fingerprint density at radius 2 is 1.82 bits per heavy atom. The summed E-state index contributed by atoms with van der Waals surface area (Å²) < 4.78 is 25.3. The molecule has 0 atom stereocenters. The predicted octanol–water partition coefficient (Wildman–Crippen LogP) is 4.71. The number of nitrogens with one attached hydrogen (secondary N) is 2. The zero-order chi connectivity index (χ0) is 26.9. The average molecular weight is 525 g/mol. The van der Waals surface area contributed by atoms with E-state index < -0.39 is 5.82 Å². The van der Waals surface area contributed by atoms with Crippen LogP contribution in [0.25, 0.3) is 56.1 Å². The van der Waals surface area contributed by atoms with E-state index in [0.717, 1.165) is 23.3 Å². The maximum Gasteiger partial charge on any atom is 0.162 e. The van der Waals surface area contributed by atoms with Crippen LogP contribution in [0.5, 0.6) is 11.5 Å². The number of aromatic nitrogens is 7. The Hall–Kier alpha value is -4.90. The molecular weight excluding hydrogens is 499 g/mol. The Morgan fingerprint density at radius 3 is 2.67 bits per heavy atom. The number of ether oxygens (including phenoxy) is 2.